The van der Waals surface area contributed by atoms with Crippen molar-refractivity contribution >= 4 is 11.5 Å². The minimum absolute atomic E-state index is 0.0556. The molecule has 4 rings (SSSR count). The van der Waals surface area contributed by atoms with Gasteiger partial charge in [-0.2, -0.15) is 5.10 Å². The number of para-hydroxylation sites is 1. The molecule has 1 aromatic carbocycles. The van der Waals surface area contributed by atoms with Crippen LogP contribution in [0.1, 0.15) is 33.7 Å². The molecule has 1 fully saturated rings. The third-order valence-electron chi connectivity index (χ3n) is 5.85. The fourth-order valence-electron chi connectivity index (χ4n) is 4.09. The predicted octanol–water partition coefficient (Wildman–Crippen LogP) is 2.28. The summed E-state index contributed by atoms with van der Waals surface area (Å²) in [6, 6.07) is 9.89. The van der Waals surface area contributed by atoms with Gasteiger partial charge in [0.2, 0.25) is 5.95 Å². The van der Waals surface area contributed by atoms with Crippen molar-refractivity contribution < 1.29 is 4.79 Å². The maximum atomic E-state index is 12.8. The summed E-state index contributed by atoms with van der Waals surface area (Å²) in [6.07, 6.45) is 2.00. The molecule has 2 aromatic heterocycles. The van der Waals surface area contributed by atoms with Crippen LogP contribution in [0.25, 0.3) is 5.95 Å². The zero-order valence-corrected chi connectivity index (χ0v) is 18.3. The summed E-state index contributed by atoms with van der Waals surface area (Å²) in [5.41, 5.74) is 4.21. The molecule has 0 spiro atoms. The van der Waals surface area contributed by atoms with Gasteiger partial charge in [0.25, 0.3) is 5.56 Å². The van der Waals surface area contributed by atoms with Gasteiger partial charge in [0.15, 0.2) is 5.78 Å². The van der Waals surface area contributed by atoms with E-state index in [1.807, 2.05) is 6.92 Å². The van der Waals surface area contributed by atoms with Gasteiger partial charge in [0.1, 0.15) is 0 Å². The number of nitrogens with zero attached hydrogens (tertiary/aromatic N) is 5. The van der Waals surface area contributed by atoms with E-state index in [0.717, 1.165) is 32.7 Å². The van der Waals surface area contributed by atoms with Crippen LogP contribution in [0.2, 0.25) is 0 Å². The lowest BCUT2D eigenvalue weighted by Gasteiger charge is -2.36. The van der Waals surface area contributed by atoms with Crippen LogP contribution in [0.5, 0.6) is 0 Å². The minimum Gasteiger partial charge on any atom is -0.369 e. The Labute approximate surface area is 181 Å². The molecule has 0 atom stereocenters. The van der Waals surface area contributed by atoms with Gasteiger partial charge in [0, 0.05) is 56.6 Å². The molecule has 0 unspecified atom stereocenters. The van der Waals surface area contributed by atoms with E-state index in [1.165, 1.54) is 22.0 Å². The molecule has 3 heterocycles. The summed E-state index contributed by atoms with van der Waals surface area (Å²) in [5.74, 6) is 0.383. The molecular weight excluding hydrogens is 392 g/mol. The summed E-state index contributed by atoms with van der Waals surface area (Å²) < 4.78 is 1.52. The van der Waals surface area contributed by atoms with Gasteiger partial charge < -0.3 is 4.90 Å². The number of aromatic amines is 1. The van der Waals surface area contributed by atoms with Crippen molar-refractivity contribution in [2.75, 3.05) is 37.6 Å². The maximum absolute atomic E-state index is 12.8. The largest absolute Gasteiger partial charge is 0.369 e. The highest BCUT2D eigenvalue weighted by molar-refractivity contribution is 5.97. The van der Waals surface area contributed by atoms with E-state index in [4.69, 9.17) is 0 Å². The zero-order chi connectivity index (χ0) is 22.0. The summed E-state index contributed by atoms with van der Waals surface area (Å²) in [5, 5.41) is 4.28. The van der Waals surface area contributed by atoms with E-state index in [-0.39, 0.29) is 11.3 Å². The number of anilines is 1. The number of benzene rings is 1. The lowest BCUT2D eigenvalue weighted by molar-refractivity contribution is 0.0962. The first-order valence-corrected chi connectivity index (χ1v) is 10.6. The third kappa shape index (κ3) is 4.59. The molecule has 8 nitrogen and oxygen atoms in total. The van der Waals surface area contributed by atoms with E-state index >= 15 is 0 Å². The summed E-state index contributed by atoms with van der Waals surface area (Å²) in [6.45, 7) is 10.2. The van der Waals surface area contributed by atoms with Crippen LogP contribution in [-0.4, -0.2) is 63.2 Å². The number of aromatic nitrogens is 4. The van der Waals surface area contributed by atoms with E-state index < -0.39 is 0 Å². The molecule has 0 radical (unpaired) electrons. The molecule has 0 saturated carbocycles. The van der Waals surface area contributed by atoms with Crippen molar-refractivity contribution in [2.45, 2.75) is 27.2 Å². The first-order chi connectivity index (χ1) is 14.9. The highest BCUT2D eigenvalue weighted by atomic mass is 16.1. The van der Waals surface area contributed by atoms with Crippen LogP contribution < -0.4 is 10.5 Å². The van der Waals surface area contributed by atoms with Crippen molar-refractivity contribution in [2.24, 2.45) is 0 Å². The molecule has 0 bridgehead atoms. The van der Waals surface area contributed by atoms with Crippen molar-refractivity contribution in [3.8, 4) is 5.95 Å². The topological polar surface area (TPSA) is 87.1 Å². The smallest absolute Gasteiger partial charge is 0.252 e. The summed E-state index contributed by atoms with van der Waals surface area (Å²) in [7, 11) is 0. The van der Waals surface area contributed by atoms with Gasteiger partial charge in [0.05, 0.1) is 17.5 Å². The highest BCUT2D eigenvalue weighted by Crippen LogP contribution is 2.21. The fraction of sp³-hybridized carbons (Fsp3) is 0.391. The minimum atomic E-state index is -0.241. The summed E-state index contributed by atoms with van der Waals surface area (Å²) in [4.78, 5) is 36.3. The third-order valence-corrected chi connectivity index (χ3v) is 5.85. The Hall–Kier alpha value is -3.26. The molecule has 1 N–H and O–H groups in total. The Morgan fingerprint density at radius 2 is 1.84 bits per heavy atom. The second-order valence-electron chi connectivity index (χ2n) is 8.05. The van der Waals surface area contributed by atoms with Gasteiger partial charge in [-0.05, 0) is 32.4 Å². The highest BCUT2D eigenvalue weighted by Gasteiger charge is 2.21. The number of carbonyl (C=O) groups is 1. The van der Waals surface area contributed by atoms with Crippen molar-refractivity contribution in [1.29, 1.82) is 0 Å². The first-order valence-electron chi connectivity index (χ1n) is 10.6. The van der Waals surface area contributed by atoms with Crippen LogP contribution in [0, 0.1) is 20.8 Å². The van der Waals surface area contributed by atoms with Crippen molar-refractivity contribution in [1.82, 2.24) is 24.6 Å². The number of aryl methyl sites for hydroxylation is 2. The monoisotopic (exact) mass is 420 g/mol. The van der Waals surface area contributed by atoms with Gasteiger partial charge in [-0.3, -0.25) is 19.5 Å². The number of H-pyrrole nitrogens is 1. The molecule has 1 aliphatic heterocycles. The maximum Gasteiger partial charge on any atom is 0.252 e. The quantitative estimate of drug-likeness (QED) is 0.616. The first kappa shape index (κ1) is 21.0. The Kier molecular flexibility index (Phi) is 5.99. The van der Waals surface area contributed by atoms with E-state index in [1.54, 1.807) is 13.1 Å². The fourth-order valence-corrected chi connectivity index (χ4v) is 4.09. The molecule has 3 aromatic rings. The lowest BCUT2D eigenvalue weighted by atomic mass is 10.1. The van der Waals surface area contributed by atoms with Gasteiger partial charge in [-0.1, -0.05) is 18.2 Å². The standard InChI is InChI=1S/C23H28N6O2/c1-16-6-4-5-7-20(16)28-12-10-27(11-13-28)9-8-21(30)19-15-24-29(18(19)3)23-25-17(2)14-22(31)26-23/h4-7,14-15H,8-13H2,1-3H3,(H,25,26,31). The lowest BCUT2D eigenvalue weighted by Crippen LogP contribution is -2.47. The Morgan fingerprint density at radius 1 is 1.10 bits per heavy atom. The number of hydrogen-bond donors (Lipinski definition) is 1. The molecule has 0 aliphatic carbocycles. The molecule has 8 heteroatoms. The van der Waals surface area contributed by atoms with E-state index in [0.29, 0.717) is 29.3 Å². The van der Waals surface area contributed by atoms with E-state index in [2.05, 4.69) is 56.1 Å². The molecule has 0 amide bonds. The number of rotatable bonds is 6. The van der Waals surface area contributed by atoms with Crippen LogP contribution in [0.3, 0.4) is 0 Å². The summed E-state index contributed by atoms with van der Waals surface area (Å²) >= 11 is 0. The number of nitrogens with one attached hydrogen (secondary N) is 1. The number of Topliss-reactive ketones (excluding diaryl/α,β-unsaturated/α-hetero) is 1. The van der Waals surface area contributed by atoms with Crippen LogP contribution in [0.4, 0.5) is 5.69 Å². The second kappa shape index (κ2) is 8.85. The average Bonchev–Trinajstić information content (AvgIpc) is 3.13. The molecule has 31 heavy (non-hydrogen) atoms. The van der Waals surface area contributed by atoms with Gasteiger partial charge >= 0.3 is 0 Å². The van der Waals surface area contributed by atoms with Gasteiger partial charge in [-0.15, -0.1) is 0 Å². The van der Waals surface area contributed by atoms with Crippen molar-refractivity contribution in [3.63, 3.8) is 0 Å². The van der Waals surface area contributed by atoms with Crippen LogP contribution in [0.15, 0.2) is 41.3 Å². The Morgan fingerprint density at radius 3 is 2.55 bits per heavy atom. The predicted molar refractivity (Wildman–Crippen MR) is 120 cm³/mol. The SMILES string of the molecule is Cc1cc(=O)[nH]c(-n2ncc(C(=O)CCN3CCN(c4ccccc4C)CC3)c2C)n1. The number of carbonyl (C=O) groups excluding carboxylic acids is 1. The average molecular weight is 421 g/mol. The molecule has 162 valence electrons. The molecular formula is C23H28N6O2. The second-order valence-corrected chi connectivity index (χ2v) is 8.05. The Bertz CT molecular complexity index is 1140. The van der Waals surface area contributed by atoms with Crippen LogP contribution in [-0.2, 0) is 0 Å². The number of hydrogen-bond acceptors (Lipinski definition) is 6. The molecule has 1 aliphatic rings. The van der Waals surface area contributed by atoms with E-state index in [9.17, 15) is 9.59 Å². The van der Waals surface area contributed by atoms with Crippen molar-refractivity contribution in [3.05, 3.63) is 69.4 Å². The molecule has 1 saturated heterocycles. The van der Waals surface area contributed by atoms with Crippen LogP contribution >= 0.6 is 0 Å². The normalized spacial score (nSPS) is 14.7. The number of ketones is 1. The Balaban J connectivity index is 1.35. The number of piperazine rings is 1. The zero-order valence-electron chi connectivity index (χ0n) is 18.3. The van der Waals surface area contributed by atoms with Gasteiger partial charge in [-0.25, -0.2) is 9.67 Å².